The summed E-state index contributed by atoms with van der Waals surface area (Å²) in [6.07, 6.45) is 0. The van der Waals surface area contributed by atoms with Crippen molar-refractivity contribution >= 4 is 40.4 Å². The average molecular weight is 457 g/mol. The molecule has 1 fully saturated rings. The van der Waals surface area contributed by atoms with E-state index in [-0.39, 0.29) is 22.9 Å². The van der Waals surface area contributed by atoms with Gasteiger partial charge in [-0.15, -0.1) is 0 Å². The molecule has 0 spiro atoms. The molecular weight excluding hydrogens is 438 g/mol. The van der Waals surface area contributed by atoms with Crippen molar-refractivity contribution < 1.29 is 24.4 Å². The van der Waals surface area contributed by atoms with Crippen LogP contribution in [-0.2, 0) is 14.4 Å². The van der Waals surface area contributed by atoms with Gasteiger partial charge in [0.25, 0.3) is 17.4 Å². The van der Waals surface area contributed by atoms with Crippen LogP contribution in [0, 0.1) is 10.1 Å². The summed E-state index contributed by atoms with van der Waals surface area (Å²) in [7, 11) is 0. The third kappa shape index (κ3) is 4.14. The fraction of sp³-hybridized carbons (Fsp3) is 0.0800. The Hall–Kier alpha value is -4.79. The zero-order valence-corrected chi connectivity index (χ0v) is 18.0. The Kier molecular flexibility index (Phi) is 5.92. The first-order valence-corrected chi connectivity index (χ1v) is 10.3. The Morgan fingerprint density at radius 1 is 0.971 bits per heavy atom. The second-order valence-corrected chi connectivity index (χ2v) is 7.61. The van der Waals surface area contributed by atoms with Crippen molar-refractivity contribution in [2.45, 2.75) is 13.0 Å². The first kappa shape index (κ1) is 22.4. The minimum atomic E-state index is -1.02. The van der Waals surface area contributed by atoms with Crippen LogP contribution in [0.1, 0.15) is 24.1 Å². The van der Waals surface area contributed by atoms with E-state index in [1.54, 1.807) is 54.6 Å². The van der Waals surface area contributed by atoms with Crippen LogP contribution in [0.2, 0.25) is 0 Å². The Morgan fingerprint density at radius 3 is 2.15 bits per heavy atom. The number of benzene rings is 3. The van der Waals surface area contributed by atoms with E-state index in [1.165, 1.54) is 36.1 Å². The quantitative estimate of drug-likeness (QED) is 0.194. The van der Waals surface area contributed by atoms with Crippen molar-refractivity contribution in [3.8, 4) is 0 Å². The van der Waals surface area contributed by atoms with Crippen LogP contribution in [0.25, 0.3) is 5.76 Å². The number of ketones is 1. The fourth-order valence-corrected chi connectivity index (χ4v) is 3.85. The predicted molar refractivity (Wildman–Crippen MR) is 125 cm³/mol. The largest absolute Gasteiger partial charge is 0.507 e. The van der Waals surface area contributed by atoms with E-state index < -0.39 is 22.7 Å². The molecule has 1 heterocycles. The molecule has 3 aromatic carbocycles. The highest BCUT2D eigenvalue weighted by Gasteiger charge is 2.47. The molecule has 4 rings (SSSR count). The molecule has 0 saturated carbocycles. The zero-order chi connectivity index (χ0) is 24.4. The van der Waals surface area contributed by atoms with Gasteiger partial charge >= 0.3 is 0 Å². The molecule has 0 aliphatic carbocycles. The summed E-state index contributed by atoms with van der Waals surface area (Å²) < 4.78 is 0. The van der Waals surface area contributed by atoms with Gasteiger partial charge in [-0.1, -0.05) is 30.3 Å². The van der Waals surface area contributed by atoms with Gasteiger partial charge in [0, 0.05) is 36.0 Å². The molecule has 9 nitrogen and oxygen atoms in total. The maximum Gasteiger partial charge on any atom is 0.300 e. The molecule has 1 aliphatic rings. The third-order valence-corrected chi connectivity index (χ3v) is 5.38. The van der Waals surface area contributed by atoms with E-state index in [4.69, 9.17) is 0 Å². The van der Waals surface area contributed by atoms with Crippen molar-refractivity contribution in [2.75, 3.05) is 10.2 Å². The van der Waals surface area contributed by atoms with Crippen molar-refractivity contribution in [1.82, 2.24) is 0 Å². The maximum absolute atomic E-state index is 13.1. The van der Waals surface area contributed by atoms with Crippen LogP contribution in [0.3, 0.4) is 0 Å². The number of aliphatic hydroxyl groups is 1. The van der Waals surface area contributed by atoms with Gasteiger partial charge in [-0.2, -0.15) is 0 Å². The number of carbonyl (C=O) groups excluding carboxylic acids is 3. The van der Waals surface area contributed by atoms with Gasteiger partial charge in [0.15, 0.2) is 0 Å². The highest BCUT2D eigenvalue weighted by molar-refractivity contribution is 6.51. The molecule has 9 heteroatoms. The maximum atomic E-state index is 13.1. The zero-order valence-electron chi connectivity index (χ0n) is 18.0. The van der Waals surface area contributed by atoms with Crippen LogP contribution >= 0.6 is 0 Å². The van der Waals surface area contributed by atoms with E-state index in [0.29, 0.717) is 22.5 Å². The predicted octanol–water partition coefficient (Wildman–Crippen LogP) is 4.18. The summed E-state index contributed by atoms with van der Waals surface area (Å²) in [5.41, 5.74) is 1.34. The lowest BCUT2D eigenvalue weighted by Gasteiger charge is -2.25. The molecule has 1 aliphatic heterocycles. The molecule has 0 aromatic heterocycles. The lowest BCUT2D eigenvalue weighted by Crippen LogP contribution is -2.29. The standard InChI is InChI=1S/C25H19N3O6/c1-15(29)26-18-9-13-19(14-10-18)27-22(16-7-11-20(12-8-16)28(33)34)21(24(31)25(27)32)23(30)17-5-3-2-4-6-17/h2-14,22,30H,1H3,(H,26,29)/b23-21+/t22-/m1/s1. The number of hydrogen-bond acceptors (Lipinski definition) is 6. The minimum absolute atomic E-state index is 0.129. The average Bonchev–Trinajstić information content (AvgIpc) is 3.10. The van der Waals surface area contributed by atoms with Crippen molar-refractivity contribution in [2.24, 2.45) is 0 Å². The molecule has 0 radical (unpaired) electrons. The summed E-state index contributed by atoms with van der Waals surface area (Å²) in [5, 5.41) is 24.7. The number of non-ortho nitro benzene ring substituents is 1. The Labute approximate surface area is 194 Å². The summed E-state index contributed by atoms with van der Waals surface area (Å²) in [5.74, 6) is -2.34. The first-order chi connectivity index (χ1) is 16.3. The molecular formula is C25H19N3O6. The number of aliphatic hydroxyl groups excluding tert-OH is 1. The number of Topliss-reactive ketones (excluding diaryl/α,β-unsaturated/α-hetero) is 1. The lowest BCUT2D eigenvalue weighted by atomic mass is 9.95. The SMILES string of the molecule is CC(=O)Nc1ccc(N2C(=O)C(=O)/C(=C(/O)c3ccccc3)[C@H]2c2ccc([N+](=O)[O-])cc2)cc1. The van der Waals surface area contributed by atoms with E-state index in [9.17, 15) is 29.6 Å². The van der Waals surface area contributed by atoms with E-state index in [1.807, 2.05) is 0 Å². The van der Waals surface area contributed by atoms with Gasteiger partial charge in [-0.3, -0.25) is 29.4 Å². The number of nitro groups is 1. The molecule has 34 heavy (non-hydrogen) atoms. The molecule has 2 N–H and O–H groups in total. The second-order valence-electron chi connectivity index (χ2n) is 7.61. The van der Waals surface area contributed by atoms with Gasteiger partial charge in [-0.05, 0) is 42.0 Å². The van der Waals surface area contributed by atoms with Crippen LogP contribution in [0.5, 0.6) is 0 Å². The van der Waals surface area contributed by atoms with Gasteiger partial charge in [0.2, 0.25) is 5.91 Å². The summed E-state index contributed by atoms with van der Waals surface area (Å²) in [6, 6.07) is 19.1. The molecule has 1 atom stereocenters. The molecule has 2 amide bonds. The van der Waals surface area contributed by atoms with Gasteiger partial charge in [-0.25, -0.2) is 0 Å². The van der Waals surface area contributed by atoms with Crippen LogP contribution < -0.4 is 10.2 Å². The number of nitro benzene ring substituents is 1. The van der Waals surface area contributed by atoms with Gasteiger partial charge < -0.3 is 10.4 Å². The van der Waals surface area contributed by atoms with Crippen LogP contribution in [0.15, 0.2) is 84.4 Å². The van der Waals surface area contributed by atoms with Crippen LogP contribution in [-0.4, -0.2) is 27.6 Å². The number of amides is 2. The normalized spacial score (nSPS) is 17.0. The van der Waals surface area contributed by atoms with E-state index in [2.05, 4.69) is 5.32 Å². The van der Waals surface area contributed by atoms with E-state index in [0.717, 1.165) is 0 Å². The summed E-state index contributed by atoms with van der Waals surface area (Å²) in [4.78, 5) is 49.3. The number of anilines is 2. The van der Waals surface area contributed by atoms with Crippen molar-refractivity contribution in [3.05, 3.63) is 106 Å². The smallest absolute Gasteiger partial charge is 0.300 e. The van der Waals surface area contributed by atoms with Gasteiger partial charge in [0.05, 0.1) is 16.5 Å². The highest BCUT2D eigenvalue weighted by Crippen LogP contribution is 2.42. The number of carbonyl (C=O) groups is 3. The second kappa shape index (κ2) is 8.99. The lowest BCUT2D eigenvalue weighted by molar-refractivity contribution is -0.384. The topological polar surface area (TPSA) is 130 Å². The Morgan fingerprint density at radius 2 is 1.59 bits per heavy atom. The fourth-order valence-electron chi connectivity index (χ4n) is 3.85. The third-order valence-electron chi connectivity index (χ3n) is 5.38. The molecule has 0 bridgehead atoms. The molecule has 1 saturated heterocycles. The number of nitrogens with zero attached hydrogens (tertiary/aromatic N) is 2. The Bertz CT molecular complexity index is 1320. The summed E-state index contributed by atoms with van der Waals surface area (Å²) in [6.45, 7) is 1.37. The number of rotatable bonds is 5. The summed E-state index contributed by atoms with van der Waals surface area (Å²) >= 11 is 0. The highest BCUT2D eigenvalue weighted by atomic mass is 16.6. The number of nitrogens with one attached hydrogen (secondary N) is 1. The van der Waals surface area contributed by atoms with Crippen molar-refractivity contribution in [3.63, 3.8) is 0 Å². The molecule has 170 valence electrons. The Balaban J connectivity index is 1.87. The van der Waals surface area contributed by atoms with Gasteiger partial charge in [0.1, 0.15) is 5.76 Å². The molecule has 0 unspecified atom stereocenters. The number of hydrogen-bond donors (Lipinski definition) is 2. The monoisotopic (exact) mass is 457 g/mol. The first-order valence-electron chi connectivity index (χ1n) is 10.3. The van der Waals surface area contributed by atoms with Crippen molar-refractivity contribution in [1.29, 1.82) is 0 Å². The van der Waals surface area contributed by atoms with Crippen LogP contribution in [0.4, 0.5) is 17.1 Å². The molecule has 3 aromatic rings. The minimum Gasteiger partial charge on any atom is -0.507 e. The van der Waals surface area contributed by atoms with E-state index >= 15 is 0 Å².